The zero-order valence-corrected chi connectivity index (χ0v) is 10.2. The Labute approximate surface area is 106 Å². The minimum absolute atomic E-state index is 0.0227. The zero-order valence-electron chi connectivity index (χ0n) is 10.2. The summed E-state index contributed by atoms with van der Waals surface area (Å²) >= 11 is 0. The molecule has 94 valence electrons. The molecule has 0 atom stereocenters. The van der Waals surface area contributed by atoms with E-state index in [2.05, 4.69) is 4.98 Å². The first-order valence-electron chi connectivity index (χ1n) is 5.62. The van der Waals surface area contributed by atoms with E-state index in [1.165, 1.54) is 0 Å². The third kappa shape index (κ3) is 2.85. The maximum absolute atomic E-state index is 9.27. The van der Waals surface area contributed by atoms with Crippen LogP contribution in [0.3, 0.4) is 0 Å². The van der Waals surface area contributed by atoms with Gasteiger partial charge >= 0.3 is 0 Å². The molecule has 0 aliphatic rings. The van der Waals surface area contributed by atoms with Crippen LogP contribution < -0.4 is 4.74 Å². The molecule has 2 rings (SSSR count). The Morgan fingerprint density at radius 3 is 2.61 bits per heavy atom. The molecule has 0 amide bonds. The molecule has 1 aromatic heterocycles. The van der Waals surface area contributed by atoms with Gasteiger partial charge in [0, 0.05) is 24.4 Å². The third-order valence-electron chi connectivity index (χ3n) is 2.53. The minimum Gasteiger partial charge on any atom is -0.468 e. The summed E-state index contributed by atoms with van der Waals surface area (Å²) in [5, 5.41) is 9.27. The smallest absolute Gasteiger partial charge is 0.188 e. The lowest BCUT2D eigenvalue weighted by atomic mass is 10.1. The molecule has 4 heteroatoms. The van der Waals surface area contributed by atoms with E-state index >= 15 is 0 Å². The Bertz CT molecular complexity index is 497. The molecule has 0 aliphatic carbocycles. The van der Waals surface area contributed by atoms with E-state index in [4.69, 9.17) is 9.47 Å². The molecule has 2 aromatic rings. The number of aliphatic hydroxyl groups excluding tert-OH is 1. The van der Waals surface area contributed by atoms with Gasteiger partial charge in [0.05, 0.1) is 12.3 Å². The van der Waals surface area contributed by atoms with Gasteiger partial charge in [-0.3, -0.25) is 4.98 Å². The van der Waals surface area contributed by atoms with E-state index in [0.29, 0.717) is 0 Å². The van der Waals surface area contributed by atoms with Crippen molar-refractivity contribution < 1.29 is 14.6 Å². The molecule has 0 spiro atoms. The highest BCUT2D eigenvalue weighted by Gasteiger charge is 2.05. The van der Waals surface area contributed by atoms with Crippen molar-refractivity contribution in [3.63, 3.8) is 0 Å². The summed E-state index contributed by atoms with van der Waals surface area (Å²) in [5.74, 6) is 0.738. The summed E-state index contributed by atoms with van der Waals surface area (Å²) in [6, 6.07) is 11.2. The SMILES string of the molecule is COCOc1ccc(-c2ncccc2CO)cc1. The molecule has 0 saturated heterocycles. The highest BCUT2D eigenvalue weighted by atomic mass is 16.7. The van der Waals surface area contributed by atoms with Crippen molar-refractivity contribution in [2.24, 2.45) is 0 Å². The van der Waals surface area contributed by atoms with Crippen LogP contribution in [-0.4, -0.2) is 24.0 Å². The Balaban J connectivity index is 2.23. The summed E-state index contributed by atoms with van der Waals surface area (Å²) in [4.78, 5) is 4.29. The number of nitrogens with zero attached hydrogens (tertiary/aromatic N) is 1. The van der Waals surface area contributed by atoms with Gasteiger partial charge in [0.25, 0.3) is 0 Å². The van der Waals surface area contributed by atoms with Crippen molar-refractivity contribution in [1.29, 1.82) is 0 Å². The molecule has 1 N–H and O–H groups in total. The molecule has 0 saturated carbocycles. The molecule has 4 nitrogen and oxygen atoms in total. The number of methoxy groups -OCH3 is 1. The second kappa shape index (κ2) is 6.14. The number of pyridine rings is 1. The van der Waals surface area contributed by atoms with Crippen LogP contribution in [0.25, 0.3) is 11.3 Å². The van der Waals surface area contributed by atoms with Crippen LogP contribution in [-0.2, 0) is 11.3 Å². The van der Waals surface area contributed by atoms with Crippen molar-refractivity contribution in [3.8, 4) is 17.0 Å². The third-order valence-corrected chi connectivity index (χ3v) is 2.53. The molecular formula is C14H15NO3. The van der Waals surface area contributed by atoms with Crippen molar-refractivity contribution >= 4 is 0 Å². The second-order valence-corrected chi connectivity index (χ2v) is 3.74. The average molecular weight is 245 g/mol. The number of rotatable bonds is 5. The molecule has 1 heterocycles. The quantitative estimate of drug-likeness (QED) is 0.821. The van der Waals surface area contributed by atoms with Crippen molar-refractivity contribution in [2.45, 2.75) is 6.61 Å². The van der Waals surface area contributed by atoms with Gasteiger partial charge in [0.1, 0.15) is 5.75 Å². The van der Waals surface area contributed by atoms with Crippen LogP contribution in [0, 0.1) is 0 Å². The lowest BCUT2D eigenvalue weighted by Gasteiger charge is -2.08. The van der Waals surface area contributed by atoms with E-state index in [-0.39, 0.29) is 13.4 Å². The Kier molecular flexibility index (Phi) is 4.28. The molecular weight excluding hydrogens is 230 g/mol. The van der Waals surface area contributed by atoms with Gasteiger partial charge in [-0.05, 0) is 30.3 Å². The number of hydrogen-bond donors (Lipinski definition) is 1. The van der Waals surface area contributed by atoms with Crippen LogP contribution in [0.15, 0.2) is 42.6 Å². The molecule has 0 fully saturated rings. The minimum atomic E-state index is -0.0227. The summed E-state index contributed by atoms with van der Waals surface area (Å²) in [6.07, 6.45) is 1.71. The fourth-order valence-electron chi connectivity index (χ4n) is 1.66. The van der Waals surface area contributed by atoms with Crippen LogP contribution in [0.4, 0.5) is 0 Å². The van der Waals surface area contributed by atoms with E-state index in [1.54, 1.807) is 13.3 Å². The summed E-state index contributed by atoms with van der Waals surface area (Å²) < 4.78 is 10.1. The average Bonchev–Trinajstić information content (AvgIpc) is 2.45. The van der Waals surface area contributed by atoms with Crippen molar-refractivity contribution in [3.05, 3.63) is 48.2 Å². The first-order chi connectivity index (χ1) is 8.85. The van der Waals surface area contributed by atoms with E-state index in [9.17, 15) is 5.11 Å². The van der Waals surface area contributed by atoms with Gasteiger partial charge in [-0.1, -0.05) is 6.07 Å². The molecule has 0 aliphatic heterocycles. The lowest BCUT2D eigenvalue weighted by molar-refractivity contribution is 0.0511. The van der Waals surface area contributed by atoms with Crippen LogP contribution >= 0.6 is 0 Å². The predicted molar refractivity (Wildman–Crippen MR) is 68.1 cm³/mol. The van der Waals surface area contributed by atoms with E-state index in [1.807, 2.05) is 36.4 Å². The maximum atomic E-state index is 9.27. The van der Waals surface area contributed by atoms with Crippen LogP contribution in [0.2, 0.25) is 0 Å². The molecule has 0 bridgehead atoms. The summed E-state index contributed by atoms with van der Waals surface area (Å²) in [5.41, 5.74) is 2.55. The highest BCUT2D eigenvalue weighted by molar-refractivity contribution is 5.63. The van der Waals surface area contributed by atoms with Gasteiger partial charge in [0.15, 0.2) is 6.79 Å². The van der Waals surface area contributed by atoms with Crippen LogP contribution in [0.1, 0.15) is 5.56 Å². The highest BCUT2D eigenvalue weighted by Crippen LogP contribution is 2.23. The number of benzene rings is 1. The molecule has 0 radical (unpaired) electrons. The topological polar surface area (TPSA) is 51.6 Å². The first kappa shape index (κ1) is 12.5. The monoisotopic (exact) mass is 245 g/mol. The summed E-state index contributed by atoms with van der Waals surface area (Å²) in [6.45, 7) is 0.204. The lowest BCUT2D eigenvalue weighted by Crippen LogP contribution is -1.98. The molecule has 0 unspecified atom stereocenters. The largest absolute Gasteiger partial charge is 0.468 e. The number of ether oxygens (including phenoxy) is 2. The summed E-state index contributed by atoms with van der Waals surface area (Å²) in [7, 11) is 1.58. The normalized spacial score (nSPS) is 10.3. The Morgan fingerprint density at radius 2 is 1.94 bits per heavy atom. The number of hydrogen-bond acceptors (Lipinski definition) is 4. The van der Waals surface area contributed by atoms with Crippen molar-refractivity contribution in [1.82, 2.24) is 4.98 Å². The van der Waals surface area contributed by atoms with Gasteiger partial charge in [0.2, 0.25) is 0 Å². The number of aliphatic hydroxyl groups is 1. The van der Waals surface area contributed by atoms with Gasteiger partial charge in [-0.15, -0.1) is 0 Å². The zero-order chi connectivity index (χ0) is 12.8. The van der Waals surface area contributed by atoms with Crippen LogP contribution in [0.5, 0.6) is 5.75 Å². The van der Waals surface area contributed by atoms with E-state index in [0.717, 1.165) is 22.6 Å². The first-order valence-corrected chi connectivity index (χ1v) is 5.62. The Hall–Kier alpha value is -1.91. The number of aromatic nitrogens is 1. The van der Waals surface area contributed by atoms with Gasteiger partial charge in [-0.25, -0.2) is 0 Å². The van der Waals surface area contributed by atoms with Gasteiger partial charge in [-0.2, -0.15) is 0 Å². The fraction of sp³-hybridized carbons (Fsp3) is 0.214. The Morgan fingerprint density at radius 1 is 1.17 bits per heavy atom. The standard InChI is InChI=1S/C14H15NO3/c1-17-10-18-13-6-4-11(5-7-13)14-12(9-16)3-2-8-15-14/h2-8,16H,9-10H2,1H3. The van der Waals surface area contributed by atoms with Gasteiger partial charge < -0.3 is 14.6 Å². The maximum Gasteiger partial charge on any atom is 0.188 e. The van der Waals surface area contributed by atoms with E-state index < -0.39 is 0 Å². The molecule has 18 heavy (non-hydrogen) atoms. The predicted octanol–water partition coefficient (Wildman–Crippen LogP) is 2.22. The fourth-order valence-corrected chi connectivity index (χ4v) is 1.66. The molecule has 1 aromatic carbocycles. The second-order valence-electron chi connectivity index (χ2n) is 3.74. The van der Waals surface area contributed by atoms with Crippen molar-refractivity contribution in [2.75, 3.05) is 13.9 Å².